The summed E-state index contributed by atoms with van der Waals surface area (Å²) in [6, 6.07) is 77.0. The second kappa shape index (κ2) is 15.7. The lowest BCUT2D eigenvalue weighted by Crippen LogP contribution is -2.33. The Labute approximate surface area is 395 Å². The summed E-state index contributed by atoms with van der Waals surface area (Å²) < 4.78 is 2.50. The highest BCUT2D eigenvalue weighted by Crippen LogP contribution is 2.61. The van der Waals surface area contributed by atoms with E-state index in [0.29, 0.717) is 17.5 Å². The third-order valence-electron chi connectivity index (χ3n) is 14.1. The predicted molar refractivity (Wildman–Crippen MR) is 281 cm³/mol. The zero-order valence-electron chi connectivity index (χ0n) is 37.7. The average molecular weight is 869 g/mol. The maximum Gasteiger partial charge on any atom is 0.164 e. The molecule has 1 unspecified atom stereocenters. The van der Waals surface area contributed by atoms with Gasteiger partial charge in [0.15, 0.2) is 17.5 Å². The van der Waals surface area contributed by atoms with E-state index in [9.17, 15) is 0 Å². The first-order valence-corrected chi connectivity index (χ1v) is 23.4. The van der Waals surface area contributed by atoms with Crippen molar-refractivity contribution in [1.82, 2.24) is 19.5 Å². The highest BCUT2D eigenvalue weighted by molar-refractivity contribution is 6.13. The Balaban J connectivity index is 0.968. The molecule has 0 bridgehead atoms. The number of para-hydroxylation sites is 3. The fourth-order valence-electron chi connectivity index (χ4n) is 11.1. The van der Waals surface area contributed by atoms with Gasteiger partial charge >= 0.3 is 0 Å². The second-order valence-corrected chi connectivity index (χ2v) is 17.9. The van der Waals surface area contributed by atoms with Gasteiger partial charge in [0, 0.05) is 27.5 Å². The van der Waals surface area contributed by atoms with Crippen LogP contribution in [0, 0.1) is 0 Å². The van der Waals surface area contributed by atoms with Crippen LogP contribution >= 0.6 is 0 Å². The van der Waals surface area contributed by atoms with Crippen LogP contribution in [0.4, 0.5) is 0 Å². The van der Waals surface area contributed by atoms with Crippen LogP contribution in [0.1, 0.15) is 41.7 Å². The van der Waals surface area contributed by atoms with Gasteiger partial charge in [-0.3, -0.25) is 0 Å². The van der Waals surface area contributed by atoms with Gasteiger partial charge in [-0.1, -0.05) is 194 Å². The van der Waals surface area contributed by atoms with Crippen LogP contribution in [0.15, 0.2) is 231 Å². The van der Waals surface area contributed by atoms with Crippen molar-refractivity contribution in [2.24, 2.45) is 0 Å². The SMILES string of the molecule is C/C=C\C=C(/C)c1cccc(-c2nc(-c3cccc(-c4ccccc4)c3)nc(-c3cccc(-c4ccc5c(c4)-c4ccccc4C54c5ccccc5-n5c6ccccc6c6cccc4c65)c3)n2)c1. The fourth-order valence-corrected chi connectivity index (χ4v) is 11.1. The monoisotopic (exact) mass is 868 g/mol. The molecular weight excluding hydrogens is 825 g/mol. The Bertz CT molecular complexity index is 3890. The average Bonchev–Trinajstić information content (AvgIpc) is 3.91. The smallest absolute Gasteiger partial charge is 0.164 e. The van der Waals surface area contributed by atoms with Crippen molar-refractivity contribution in [3.8, 4) is 73.2 Å². The van der Waals surface area contributed by atoms with Gasteiger partial charge in [0.2, 0.25) is 0 Å². The number of fused-ring (bicyclic) bond motifs is 12. The van der Waals surface area contributed by atoms with E-state index in [0.717, 1.165) is 44.5 Å². The zero-order chi connectivity index (χ0) is 45.3. The molecule has 68 heavy (non-hydrogen) atoms. The summed E-state index contributed by atoms with van der Waals surface area (Å²) in [4.78, 5) is 15.7. The zero-order valence-corrected chi connectivity index (χ0v) is 37.7. The molecule has 0 N–H and O–H groups in total. The summed E-state index contributed by atoms with van der Waals surface area (Å²) in [5.74, 6) is 1.87. The van der Waals surface area contributed by atoms with Gasteiger partial charge in [-0.25, -0.2) is 15.0 Å². The van der Waals surface area contributed by atoms with Crippen LogP contribution in [-0.4, -0.2) is 19.5 Å². The Kier molecular flexibility index (Phi) is 9.16. The van der Waals surface area contributed by atoms with Crippen molar-refractivity contribution in [1.29, 1.82) is 0 Å². The van der Waals surface area contributed by atoms with Gasteiger partial charge in [0.25, 0.3) is 0 Å². The highest BCUT2D eigenvalue weighted by Gasteiger charge is 2.50. The Morgan fingerprint density at radius 1 is 0.426 bits per heavy atom. The van der Waals surface area contributed by atoms with E-state index < -0.39 is 5.41 Å². The van der Waals surface area contributed by atoms with Crippen LogP contribution in [0.2, 0.25) is 0 Å². The van der Waals surface area contributed by atoms with Crippen molar-refractivity contribution < 1.29 is 0 Å². The van der Waals surface area contributed by atoms with Crippen molar-refractivity contribution in [2.75, 3.05) is 0 Å². The normalized spacial score (nSPS) is 14.7. The number of hydrogen-bond donors (Lipinski definition) is 0. The second-order valence-electron chi connectivity index (χ2n) is 17.9. The maximum absolute atomic E-state index is 5.24. The maximum atomic E-state index is 5.24. The van der Waals surface area contributed by atoms with Gasteiger partial charge in [0.1, 0.15) is 0 Å². The van der Waals surface area contributed by atoms with Crippen LogP contribution in [0.3, 0.4) is 0 Å². The highest BCUT2D eigenvalue weighted by atomic mass is 15.0. The summed E-state index contributed by atoms with van der Waals surface area (Å²) in [7, 11) is 0. The summed E-state index contributed by atoms with van der Waals surface area (Å²) in [5.41, 5.74) is 20.5. The third-order valence-corrected chi connectivity index (χ3v) is 14.1. The molecule has 1 atom stereocenters. The van der Waals surface area contributed by atoms with E-state index in [4.69, 9.17) is 15.0 Å². The predicted octanol–water partition coefficient (Wildman–Crippen LogP) is 16.0. The molecule has 2 aromatic heterocycles. The van der Waals surface area contributed by atoms with Crippen LogP contribution in [0.5, 0.6) is 0 Å². The summed E-state index contributed by atoms with van der Waals surface area (Å²) in [6.45, 7) is 4.17. The number of aromatic nitrogens is 4. The largest absolute Gasteiger partial charge is 0.309 e. The van der Waals surface area contributed by atoms with Crippen molar-refractivity contribution in [3.63, 3.8) is 0 Å². The molecule has 0 radical (unpaired) electrons. The third kappa shape index (κ3) is 6.04. The van der Waals surface area contributed by atoms with E-state index in [1.54, 1.807) is 0 Å². The van der Waals surface area contributed by atoms with Crippen molar-refractivity contribution >= 4 is 27.4 Å². The van der Waals surface area contributed by atoms with E-state index in [1.807, 2.05) is 19.1 Å². The molecule has 13 rings (SSSR count). The van der Waals surface area contributed by atoms with Gasteiger partial charge in [-0.15, -0.1) is 0 Å². The molecule has 3 heterocycles. The number of hydrogen-bond acceptors (Lipinski definition) is 3. The minimum atomic E-state index is -0.499. The topological polar surface area (TPSA) is 43.6 Å². The summed E-state index contributed by atoms with van der Waals surface area (Å²) in [5, 5.41) is 2.56. The molecule has 1 aliphatic heterocycles. The van der Waals surface area contributed by atoms with E-state index in [1.165, 1.54) is 66.4 Å². The Morgan fingerprint density at radius 2 is 0.971 bits per heavy atom. The van der Waals surface area contributed by atoms with Crippen LogP contribution < -0.4 is 0 Å². The molecule has 1 aliphatic carbocycles. The molecule has 11 aromatic rings. The van der Waals surface area contributed by atoms with Gasteiger partial charge in [-0.2, -0.15) is 0 Å². The standard InChI is InChI=1S/C64H44N4/c1-3-4-18-41(2)43-21-14-24-47(37-43)61-65-62(48-25-15-22-44(38-48)42-19-6-5-7-20-42)67-63(66-61)49-26-16-23-45(39-49)46-35-36-55-53(40-46)50-27-8-10-30-54(50)64(55)56-31-11-13-34-59(56)68-58-33-12-9-28-51(58)52-29-17-32-57(64)60(52)68/h3-40H,1-2H3/b4-3-,41-18+. The van der Waals surface area contributed by atoms with E-state index >= 15 is 0 Å². The van der Waals surface area contributed by atoms with Gasteiger partial charge < -0.3 is 4.57 Å². The molecular formula is C64H44N4. The lowest BCUT2D eigenvalue weighted by atomic mass is 9.65. The number of allylic oxidation sites excluding steroid dienone is 4. The van der Waals surface area contributed by atoms with Gasteiger partial charge in [0.05, 0.1) is 22.1 Å². The van der Waals surface area contributed by atoms with Gasteiger partial charge in [-0.05, 0) is 117 Å². The molecule has 0 fully saturated rings. The molecule has 2 aliphatic rings. The molecule has 0 amide bonds. The quantitative estimate of drug-likeness (QED) is 0.150. The first-order valence-electron chi connectivity index (χ1n) is 23.4. The summed E-state index contributed by atoms with van der Waals surface area (Å²) in [6.07, 6.45) is 6.25. The minimum Gasteiger partial charge on any atom is -0.309 e. The lowest BCUT2D eigenvalue weighted by molar-refractivity contribution is 0.748. The molecule has 0 saturated heterocycles. The molecule has 4 heteroatoms. The Morgan fingerprint density at radius 3 is 1.74 bits per heavy atom. The summed E-state index contributed by atoms with van der Waals surface area (Å²) >= 11 is 0. The molecule has 0 saturated carbocycles. The first kappa shape index (κ1) is 39.6. The van der Waals surface area contributed by atoms with Crippen molar-refractivity contribution in [3.05, 3.63) is 258 Å². The fraction of sp³-hybridized carbons (Fsp3) is 0.0469. The lowest BCUT2D eigenvalue weighted by Gasteiger charge is -2.39. The first-order chi connectivity index (χ1) is 33.6. The van der Waals surface area contributed by atoms with E-state index in [2.05, 4.69) is 230 Å². The minimum absolute atomic E-state index is 0.499. The number of benzene rings is 9. The van der Waals surface area contributed by atoms with Crippen LogP contribution in [-0.2, 0) is 5.41 Å². The molecule has 1 spiro atoms. The molecule has 9 aromatic carbocycles. The van der Waals surface area contributed by atoms with E-state index in [-0.39, 0.29) is 0 Å². The van der Waals surface area contributed by atoms with Crippen molar-refractivity contribution in [2.45, 2.75) is 19.3 Å². The van der Waals surface area contributed by atoms with Crippen LogP contribution in [0.25, 0.3) is 101 Å². The number of rotatable bonds is 7. The Hall–Kier alpha value is -8.73. The molecule has 320 valence electrons. The molecule has 4 nitrogen and oxygen atoms in total. The number of nitrogens with zero attached hydrogens (tertiary/aromatic N) is 4.